The highest BCUT2D eigenvalue weighted by molar-refractivity contribution is 6.36. The lowest BCUT2D eigenvalue weighted by molar-refractivity contribution is 0.0726. The van der Waals surface area contributed by atoms with Crippen molar-refractivity contribution in [3.63, 3.8) is 0 Å². The van der Waals surface area contributed by atoms with Gasteiger partial charge in [-0.3, -0.25) is 14.0 Å². The first-order valence-corrected chi connectivity index (χ1v) is 10.6. The monoisotopic (exact) mass is 450 g/mol. The molecule has 0 saturated carbocycles. The molecule has 0 bridgehead atoms. The summed E-state index contributed by atoms with van der Waals surface area (Å²) in [6, 6.07) is 8.35. The number of fused-ring (bicyclic) bond motifs is 2. The number of nitrogens with zero attached hydrogens (tertiary/aromatic N) is 3. The van der Waals surface area contributed by atoms with E-state index in [1.54, 1.807) is 21.7 Å². The number of aromatic amines is 1. The summed E-state index contributed by atoms with van der Waals surface area (Å²) in [5.74, 6) is -0.587. The highest BCUT2D eigenvalue weighted by Crippen LogP contribution is 2.36. The van der Waals surface area contributed by atoms with E-state index in [9.17, 15) is 14.0 Å². The summed E-state index contributed by atoms with van der Waals surface area (Å²) < 4.78 is 15.3. The first-order valence-electron chi connectivity index (χ1n) is 10.3. The molecule has 0 unspecified atom stereocenters. The predicted molar refractivity (Wildman–Crippen MR) is 121 cm³/mol. The summed E-state index contributed by atoms with van der Waals surface area (Å²) in [7, 11) is 0. The van der Waals surface area contributed by atoms with Gasteiger partial charge < -0.3 is 9.88 Å². The number of aromatic nitrogens is 3. The lowest BCUT2D eigenvalue weighted by Crippen LogP contribution is -2.39. The second-order valence-corrected chi connectivity index (χ2v) is 8.48. The largest absolute Gasteiger partial charge is 0.334 e. The van der Waals surface area contributed by atoms with E-state index in [1.807, 2.05) is 32.0 Å². The summed E-state index contributed by atoms with van der Waals surface area (Å²) in [4.78, 5) is 34.6. The molecule has 32 heavy (non-hydrogen) atoms. The van der Waals surface area contributed by atoms with Crippen LogP contribution >= 0.6 is 11.6 Å². The van der Waals surface area contributed by atoms with Crippen LogP contribution in [0.5, 0.6) is 0 Å². The quantitative estimate of drug-likeness (QED) is 0.506. The summed E-state index contributed by atoms with van der Waals surface area (Å²) in [5, 5.41) is 0.331. The molecule has 0 radical (unpaired) electrons. The first-order chi connectivity index (χ1) is 15.3. The molecular formula is C24H20ClFN4O2. The number of hydrogen-bond acceptors (Lipinski definition) is 3. The molecule has 4 heterocycles. The molecule has 1 amide bonds. The van der Waals surface area contributed by atoms with Crippen LogP contribution in [0.1, 0.15) is 32.7 Å². The number of carbonyl (C=O) groups excluding carboxylic acids is 1. The fourth-order valence-electron chi connectivity index (χ4n) is 4.34. The Bertz CT molecular complexity index is 1460. The Morgan fingerprint density at radius 2 is 2.00 bits per heavy atom. The van der Waals surface area contributed by atoms with E-state index in [0.717, 1.165) is 16.8 Å². The minimum Gasteiger partial charge on any atom is -0.334 e. The average molecular weight is 451 g/mol. The minimum absolute atomic E-state index is 0.182. The van der Waals surface area contributed by atoms with Gasteiger partial charge >= 0.3 is 0 Å². The summed E-state index contributed by atoms with van der Waals surface area (Å²) in [5.41, 5.74) is 5.10. The third kappa shape index (κ3) is 3.29. The van der Waals surface area contributed by atoms with Gasteiger partial charge in [-0.1, -0.05) is 23.7 Å². The summed E-state index contributed by atoms with van der Waals surface area (Å²) >= 11 is 6.77. The maximum atomic E-state index is 13.6. The third-order valence-electron chi connectivity index (χ3n) is 5.97. The zero-order valence-electron chi connectivity index (χ0n) is 17.6. The molecule has 0 atom stereocenters. The van der Waals surface area contributed by atoms with Crippen molar-refractivity contribution in [2.24, 2.45) is 0 Å². The van der Waals surface area contributed by atoms with Crippen LogP contribution in [0.4, 0.5) is 4.39 Å². The number of rotatable bonds is 3. The minimum atomic E-state index is -0.376. The van der Waals surface area contributed by atoms with E-state index in [-0.39, 0.29) is 23.8 Å². The van der Waals surface area contributed by atoms with Crippen molar-refractivity contribution in [1.29, 1.82) is 0 Å². The number of halogens is 2. The lowest BCUT2D eigenvalue weighted by Gasteiger charge is -2.30. The van der Waals surface area contributed by atoms with Crippen molar-refractivity contribution in [3.05, 3.63) is 91.9 Å². The number of aryl methyl sites for hydroxylation is 2. The summed E-state index contributed by atoms with van der Waals surface area (Å²) in [6.45, 7) is 4.42. The van der Waals surface area contributed by atoms with E-state index >= 15 is 0 Å². The Morgan fingerprint density at radius 3 is 2.78 bits per heavy atom. The van der Waals surface area contributed by atoms with Crippen molar-refractivity contribution in [2.75, 3.05) is 6.54 Å². The van der Waals surface area contributed by atoms with Crippen LogP contribution in [0.2, 0.25) is 5.02 Å². The maximum absolute atomic E-state index is 13.6. The van der Waals surface area contributed by atoms with Crippen molar-refractivity contribution in [1.82, 2.24) is 19.3 Å². The van der Waals surface area contributed by atoms with Crippen LogP contribution < -0.4 is 5.56 Å². The van der Waals surface area contributed by atoms with Crippen molar-refractivity contribution in [2.45, 2.75) is 26.8 Å². The Hall–Kier alpha value is -3.45. The van der Waals surface area contributed by atoms with Gasteiger partial charge in [0.25, 0.3) is 11.5 Å². The van der Waals surface area contributed by atoms with Gasteiger partial charge in [0.15, 0.2) is 0 Å². The molecule has 4 aromatic rings. The Labute approximate surface area is 188 Å². The molecular weight excluding hydrogens is 431 g/mol. The number of H-pyrrole nitrogens is 1. The van der Waals surface area contributed by atoms with Gasteiger partial charge in [0.2, 0.25) is 0 Å². The molecule has 8 heteroatoms. The lowest BCUT2D eigenvalue weighted by atomic mass is 9.95. The fourth-order valence-corrected chi connectivity index (χ4v) is 4.71. The third-order valence-corrected chi connectivity index (χ3v) is 6.37. The number of amides is 1. The maximum Gasteiger partial charge on any atom is 0.255 e. The number of carbonyl (C=O) groups is 1. The van der Waals surface area contributed by atoms with Crippen LogP contribution in [0.3, 0.4) is 0 Å². The SMILES string of the molecule is Cc1cc(C)c(CN2CCc3ccc(-c4cnc5cc(F)ccn45)c(Cl)c3C2=O)c(=O)[nH]1. The number of hydrogen-bond donors (Lipinski definition) is 1. The predicted octanol–water partition coefficient (Wildman–Crippen LogP) is 4.30. The molecule has 3 aromatic heterocycles. The Kier molecular flexibility index (Phi) is 4.86. The van der Waals surface area contributed by atoms with Gasteiger partial charge in [0.05, 0.1) is 29.0 Å². The van der Waals surface area contributed by atoms with Gasteiger partial charge in [-0.25, -0.2) is 9.37 Å². The van der Waals surface area contributed by atoms with Crippen molar-refractivity contribution >= 4 is 23.2 Å². The topological polar surface area (TPSA) is 70.5 Å². The first kappa shape index (κ1) is 20.5. The second-order valence-electron chi connectivity index (χ2n) is 8.10. The number of imidazole rings is 1. The molecule has 6 nitrogen and oxygen atoms in total. The van der Waals surface area contributed by atoms with Crippen LogP contribution in [0, 0.1) is 19.7 Å². The molecule has 0 spiro atoms. The number of nitrogens with one attached hydrogen (secondary N) is 1. The van der Waals surface area contributed by atoms with Crippen LogP contribution in [0.25, 0.3) is 16.9 Å². The molecule has 0 aliphatic carbocycles. The van der Waals surface area contributed by atoms with Gasteiger partial charge in [0, 0.05) is 35.6 Å². The molecule has 0 fully saturated rings. The molecule has 1 aliphatic rings. The van der Waals surface area contributed by atoms with E-state index in [4.69, 9.17) is 11.6 Å². The Morgan fingerprint density at radius 1 is 1.19 bits per heavy atom. The zero-order chi connectivity index (χ0) is 22.6. The van der Waals surface area contributed by atoms with Crippen LogP contribution in [-0.4, -0.2) is 31.7 Å². The molecule has 1 N–H and O–H groups in total. The second kappa shape index (κ2) is 7.60. The highest BCUT2D eigenvalue weighted by Gasteiger charge is 2.29. The van der Waals surface area contributed by atoms with Crippen LogP contribution in [0.15, 0.2) is 47.5 Å². The molecule has 0 saturated heterocycles. The van der Waals surface area contributed by atoms with Gasteiger partial charge in [-0.15, -0.1) is 0 Å². The van der Waals surface area contributed by atoms with Crippen molar-refractivity contribution in [3.8, 4) is 11.3 Å². The average Bonchev–Trinajstić information content (AvgIpc) is 3.15. The van der Waals surface area contributed by atoms with Crippen LogP contribution in [-0.2, 0) is 13.0 Å². The standard InChI is InChI=1S/C24H20ClFN4O2/c1-13-9-14(2)28-23(31)18(13)12-29-7-5-15-3-4-17(22(25)21(15)24(29)32)19-11-27-20-10-16(26)6-8-30(19)20/h3-4,6,8-11H,5,7,12H2,1-2H3,(H,28,31). The summed E-state index contributed by atoms with van der Waals surface area (Å²) in [6.07, 6.45) is 3.84. The van der Waals surface area contributed by atoms with Gasteiger partial charge in [-0.05, 0) is 43.5 Å². The van der Waals surface area contributed by atoms with E-state index in [2.05, 4.69) is 9.97 Å². The molecule has 5 rings (SSSR count). The normalized spacial score (nSPS) is 13.6. The molecule has 1 aliphatic heterocycles. The fraction of sp³-hybridized carbons (Fsp3) is 0.208. The number of pyridine rings is 2. The molecule has 1 aromatic carbocycles. The van der Waals surface area contributed by atoms with E-state index in [1.165, 1.54) is 12.1 Å². The van der Waals surface area contributed by atoms with Crippen molar-refractivity contribution < 1.29 is 9.18 Å². The van der Waals surface area contributed by atoms with Gasteiger partial charge in [0.1, 0.15) is 11.5 Å². The highest BCUT2D eigenvalue weighted by atomic mass is 35.5. The zero-order valence-corrected chi connectivity index (χ0v) is 18.3. The van der Waals surface area contributed by atoms with E-state index < -0.39 is 0 Å². The van der Waals surface area contributed by atoms with E-state index in [0.29, 0.717) is 46.0 Å². The number of benzene rings is 1. The smallest absolute Gasteiger partial charge is 0.255 e. The molecule has 162 valence electrons. The van der Waals surface area contributed by atoms with Gasteiger partial charge in [-0.2, -0.15) is 0 Å². The Balaban J connectivity index is 1.55.